The number of hydrogen-bond donors (Lipinski definition) is 1. The van der Waals surface area contributed by atoms with E-state index in [4.69, 9.17) is 11.6 Å². The quantitative estimate of drug-likeness (QED) is 0.789. The van der Waals surface area contributed by atoms with Crippen LogP contribution >= 0.6 is 11.6 Å². The van der Waals surface area contributed by atoms with Crippen molar-refractivity contribution in [2.45, 2.75) is 17.4 Å². The standard InChI is InChI=1S/C16H16ClNO3S/c17-12-16(19)15(11-13-7-3-1-4-8-13)18-22(20,21)14-9-5-2-6-10-14/h1-10,15,18H,11-12H2/t15-/m0/s1. The Bertz CT molecular complexity index is 718. The van der Waals surface area contributed by atoms with Gasteiger partial charge in [-0.25, -0.2) is 13.1 Å². The first-order chi connectivity index (χ1) is 10.5. The highest BCUT2D eigenvalue weighted by atomic mass is 35.5. The number of alkyl halides is 1. The van der Waals surface area contributed by atoms with Crippen LogP contribution in [0.3, 0.4) is 0 Å². The first-order valence-electron chi connectivity index (χ1n) is 6.73. The molecule has 2 aromatic rings. The van der Waals surface area contributed by atoms with E-state index in [-0.39, 0.29) is 23.0 Å². The summed E-state index contributed by atoms with van der Waals surface area (Å²) in [6.07, 6.45) is 0.262. The van der Waals surface area contributed by atoms with Crippen LogP contribution < -0.4 is 4.72 Å². The number of halogens is 1. The van der Waals surface area contributed by atoms with Gasteiger partial charge in [0, 0.05) is 0 Å². The lowest BCUT2D eigenvalue weighted by Gasteiger charge is -2.17. The Morgan fingerprint density at radius 1 is 1.00 bits per heavy atom. The normalized spacial score (nSPS) is 12.8. The third-order valence-electron chi connectivity index (χ3n) is 3.15. The van der Waals surface area contributed by atoms with Gasteiger partial charge in [0.15, 0.2) is 5.78 Å². The van der Waals surface area contributed by atoms with Gasteiger partial charge in [0.1, 0.15) is 0 Å². The molecule has 2 aromatic carbocycles. The number of nitrogens with one attached hydrogen (secondary N) is 1. The molecule has 22 heavy (non-hydrogen) atoms. The number of hydrogen-bond acceptors (Lipinski definition) is 3. The van der Waals surface area contributed by atoms with Crippen LogP contribution in [0.5, 0.6) is 0 Å². The van der Waals surface area contributed by atoms with E-state index in [1.807, 2.05) is 30.3 Å². The molecule has 0 unspecified atom stereocenters. The first-order valence-corrected chi connectivity index (χ1v) is 8.74. The number of rotatable bonds is 7. The van der Waals surface area contributed by atoms with E-state index in [1.54, 1.807) is 18.2 Å². The van der Waals surface area contributed by atoms with Crippen molar-refractivity contribution in [2.24, 2.45) is 0 Å². The minimum atomic E-state index is -3.76. The molecule has 0 saturated heterocycles. The maximum Gasteiger partial charge on any atom is 0.241 e. The van der Waals surface area contributed by atoms with E-state index in [0.29, 0.717) is 0 Å². The van der Waals surface area contributed by atoms with Crippen molar-refractivity contribution in [1.29, 1.82) is 0 Å². The monoisotopic (exact) mass is 337 g/mol. The first kappa shape index (κ1) is 16.7. The largest absolute Gasteiger partial charge is 0.297 e. The predicted molar refractivity (Wildman–Crippen MR) is 86.4 cm³/mol. The van der Waals surface area contributed by atoms with E-state index in [0.717, 1.165) is 5.56 Å². The van der Waals surface area contributed by atoms with Crippen LogP contribution in [0.25, 0.3) is 0 Å². The highest BCUT2D eigenvalue weighted by molar-refractivity contribution is 7.89. The van der Waals surface area contributed by atoms with Crippen LogP contribution in [-0.2, 0) is 21.2 Å². The fourth-order valence-corrected chi connectivity index (χ4v) is 3.45. The summed E-state index contributed by atoms with van der Waals surface area (Å²) >= 11 is 5.60. The molecule has 4 nitrogen and oxygen atoms in total. The molecule has 1 N–H and O–H groups in total. The molecule has 2 rings (SSSR count). The summed E-state index contributed by atoms with van der Waals surface area (Å²) in [7, 11) is -3.76. The molecule has 0 saturated carbocycles. The van der Waals surface area contributed by atoms with E-state index >= 15 is 0 Å². The van der Waals surface area contributed by atoms with Gasteiger partial charge in [-0.3, -0.25) is 4.79 Å². The summed E-state index contributed by atoms with van der Waals surface area (Å²) in [4.78, 5) is 12.1. The van der Waals surface area contributed by atoms with Crippen LogP contribution in [0.1, 0.15) is 5.56 Å². The number of carbonyl (C=O) groups is 1. The predicted octanol–water partition coefficient (Wildman–Crippen LogP) is 2.38. The molecular formula is C16H16ClNO3S. The SMILES string of the molecule is O=C(CCl)[C@H](Cc1ccccc1)NS(=O)(=O)c1ccccc1. The zero-order valence-corrected chi connectivity index (χ0v) is 13.3. The summed E-state index contributed by atoms with van der Waals surface area (Å²) in [6, 6.07) is 16.3. The maximum absolute atomic E-state index is 12.3. The molecule has 0 aromatic heterocycles. The number of carbonyl (C=O) groups excluding carboxylic acids is 1. The van der Waals surface area contributed by atoms with Crippen LogP contribution in [0.15, 0.2) is 65.6 Å². The lowest BCUT2D eigenvalue weighted by atomic mass is 10.0. The van der Waals surface area contributed by atoms with Crippen molar-refractivity contribution in [3.8, 4) is 0 Å². The van der Waals surface area contributed by atoms with Gasteiger partial charge in [0.2, 0.25) is 10.0 Å². The highest BCUT2D eigenvalue weighted by Crippen LogP contribution is 2.11. The van der Waals surface area contributed by atoms with Gasteiger partial charge in [-0.2, -0.15) is 0 Å². The van der Waals surface area contributed by atoms with Crippen LogP contribution in [0.4, 0.5) is 0 Å². The summed E-state index contributed by atoms with van der Waals surface area (Å²) in [5.41, 5.74) is 0.863. The van der Waals surface area contributed by atoms with Crippen LogP contribution in [-0.4, -0.2) is 26.1 Å². The third-order valence-corrected chi connectivity index (χ3v) is 4.90. The third kappa shape index (κ3) is 4.40. The Kier molecular flexibility index (Phi) is 5.71. The molecule has 0 aliphatic heterocycles. The fraction of sp³-hybridized carbons (Fsp3) is 0.188. The molecule has 0 spiro atoms. The summed E-state index contributed by atoms with van der Waals surface area (Å²) in [6.45, 7) is 0. The van der Waals surface area contributed by atoms with Gasteiger partial charge in [0.05, 0.1) is 16.8 Å². The zero-order chi connectivity index (χ0) is 16.0. The zero-order valence-electron chi connectivity index (χ0n) is 11.8. The van der Waals surface area contributed by atoms with Crippen molar-refractivity contribution >= 4 is 27.4 Å². The van der Waals surface area contributed by atoms with Crippen LogP contribution in [0.2, 0.25) is 0 Å². The van der Waals surface area contributed by atoms with Crippen molar-refractivity contribution in [2.75, 3.05) is 5.88 Å². The van der Waals surface area contributed by atoms with Crippen molar-refractivity contribution in [3.63, 3.8) is 0 Å². The van der Waals surface area contributed by atoms with E-state index in [9.17, 15) is 13.2 Å². The molecule has 0 bridgehead atoms. The number of ketones is 1. The second-order valence-electron chi connectivity index (χ2n) is 4.78. The number of Topliss-reactive ketones (excluding diaryl/α,β-unsaturated/α-hetero) is 1. The molecule has 0 amide bonds. The molecule has 6 heteroatoms. The fourth-order valence-electron chi connectivity index (χ4n) is 2.02. The van der Waals surface area contributed by atoms with Gasteiger partial charge in [-0.05, 0) is 24.1 Å². The van der Waals surface area contributed by atoms with Crippen molar-refractivity contribution < 1.29 is 13.2 Å². The summed E-state index contributed by atoms with van der Waals surface area (Å²) in [5, 5.41) is 0. The summed E-state index contributed by atoms with van der Waals surface area (Å²) in [5.74, 6) is -0.598. The minimum Gasteiger partial charge on any atom is -0.297 e. The highest BCUT2D eigenvalue weighted by Gasteiger charge is 2.25. The van der Waals surface area contributed by atoms with E-state index in [1.165, 1.54) is 12.1 Å². The minimum absolute atomic E-state index is 0.121. The van der Waals surface area contributed by atoms with Crippen molar-refractivity contribution in [3.05, 3.63) is 66.2 Å². The Balaban J connectivity index is 2.22. The topological polar surface area (TPSA) is 63.2 Å². The lowest BCUT2D eigenvalue weighted by molar-refractivity contribution is -0.118. The number of sulfonamides is 1. The lowest BCUT2D eigenvalue weighted by Crippen LogP contribution is -2.42. The molecule has 0 aliphatic carbocycles. The average Bonchev–Trinajstić information content (AvgIpc) is 2.55. The van der Waals surface area contributed by atoms with Crippen molar-refractivity contribution in [1.82, 2.24) is 4.72 Å². The molecule has 0 fully saturated rings. The van der Waals surface area contributed by atoms with E-state index in [2.05, 4.69) is 4.72 Å². The molecular weight excluding hydrogens is 322 g/mol. The Morgan fingerprint density at radius 2 is 1.55 bits per heavy atom. The molecule has 1 atom stereocenters. The average molecular weight is 338 g/mol. The van der Waals surface area contributed by atoms with Gasteiger partial charge >= 0.3 is 0 Å². The van der Waals surface area contributed by atoms with Gasteiger partial charge in [-0.1, -0.05) is 48.5 Å². The molecule has 0 heterocycles. The molecule has 116 valence electrons. The van der Waals surface area contributed by atoms with E-state index < -0.39 is 16.1 Å². The summed E-state index contributed by atoms with van der Waals surface area (Å²) < 4.78 is 27.1. The van der Waals surface area contributed by atoms with Gasteiger partial charge < -0.3 is 0 Å². The molecule has 0 aliphatic rings. The second-order valence-corrected chi connectivity index (χ2v) is 6.76. The second kappa shape index (κ2) is 7.54. The number of benzene rings is 2. The maximum atomic E-state index is 12.3. The van der Waals surface area contributed by atoms with Gasteiger partial charge in [-0.15, -0.1) is 11.6 Å². The Hall–Kier alpha value is -1.69. The Morgan fingerprint density at radius 3 is 2.09 bits per heavy atom. The van der Waals surface area contributed by atoms with Gasteiger partial charge in [0.25, 0.3) is 0 Å². The molecule has 0 radical (unpaired) electrons. The van der Waals surface area contributed by atoms with Crippen LogP contribution in [0, 0.1) is 0 Å². The smallest absolute Gasteiger partial charge is 0.241 e. The Labute approximate surface area is 135 Å².